The van der Waals surface area contributed by atoms with Gasteiger partial charge in [-0.3, -0.25) is 0 Å². The van der Waals surface area contributed by atoms with Crippen molar-refractivity contribution < 1.29 is 9.52 Å². The Morgan fingerprint density at radius 1 is 1.38 bits per heavy atom. The van der Waals surface area contributed by atoms with Gasteiger partial charge in [0.25, 0.3) is 0 Å². The van der Waals surface area contributed by atoms with Crippen LogP contribution in [0.1, 0.15) is 49.5 Å². The molecular formula is C10H15NO2. The summed E-state index contributed by atoms with van der Waals surface area (Å²) < 4.78 is 5.32. The zero-order chi connectivity index (χ0) is 9.10. The van der Waals surface area contributed by atoms with E-state index >= 15 is 0 Å². The summed E-state index contributed by atoms with van der Waals surface area (Å²) in [4.78, 5) is 3.99. The molecule has 3 heteroatoms. The number of rotatable bonds is 2. The molecule has 0 unspecified atom stereocenters. The number of aliphatic hydroxyl groups is 1. The Labute approximate surface area is 77.8 Å². The van der Waals surface area contributed by atoms with Crippen molar-refractivity contribution in [1.82, 2.24) is 4.98 Å². The average Bonchev–Trinajstić information content (AvgIpc) is 2.67. The van der Waals surface area contributed by atoms with Gasteiger partial charge in [0, 0.05) is 5.92 Å². The van der Waals surface area contributed by atoms with E-state index in [0.717, 1.165) is 11.5 Å². The summed E-state index contributed by atoms with van der Waals surface area (Å²) in [5.41, 5.74) is 0.729. The molecule has 0 amide bonds. The fourth-order valence-corrected chi connectivity index (χ4v) is 2.09. The van der Waals surface area contributed by atoms with E-state index in [4.69, 9.17) is 9.52 Å². The summed E-state index contributed by atoms with van der Waals surface area (Å²) in [5, 5.41) is 9.02. The van der Waals surface area contributed by atoms with Gasteiger partial charge in [0.2, 0.25) is 0 Å². The van der Waals surface area contributed by atoms with Crippen LogP contribution in [-0.2, 0) is 6.61 Å². The Hall–Kier alpha value is -0.830. The number of hydrogen-bond donors (Lipinski definition) is 1. The molecule has 1 saturated carbocycles. The van der Waals surface area contributed by atoms with Crippen molar-refractivity contribution in [1.29, 1.82) is 0 Å². The standard InChI is InChI=1S/C10H15NO2/c12-6-9-10(13-7-11-9)8-4-2-1-3-5-8/h7-8,12H,1-6H2. The lowest BCUT2D eigenvalue weighted by Gasteiger charge is -2.19. The van der Waals surface area contributed by atoms with E-state index in [1.165, 1.54) is 38.5 Å². The van der Waals surface area contributed by atoms with E-state index in [2.05, 4.69) is 4.98 Å². The Morgan fingerprint density at radius 2 is 2.15 bits per heavy atom. The van der Waals surface area contributed by atoms with Crippen LogP contribution in [0.3, 0.4) is 0 Å². The van der Waals surface area contributed by atoms with Crippen LogP contribution in [0, 0.1) is 0 Å². The second kappa shape index (κ2) is 3.92. The molecule has 3 nitrogen and oxygen atoms in total. The summed E-state index contributed by atoms with van der Waals surface area (Å²) in [6.45, 7) is 0.00231. The van der Waals surface area contributed by atoms with Crippen LogP contribution in [0.2, 0.25) is 0 Å². The first-order valence-electron chi connectivity index (χ1n) is 4.95. The third-order valence-corrected chi connectivity index (χ3v) is 2.80. The molecule has 0 aliphatic heterocycles. The number of aliphatic hydroxyl groups excluding tert-OH is 1. The zero-order valence-electron chi connectivity index (χ0n) is 7.70. The monoisotopic (exact) mass is 181 g/mol. The lowest BCUT2D eigenvalue weighted by molar-refractivity contribution is 0.269. The van der Waals surface area contributed by atoms with Crippen LogP contribution in [0.15, 0.2) is 10.8 Å². The van der Waals surface area contributed by atoms with Gasteiger partial charge >= 0.3 is 0 Å². The van der Waals surface area contributed by atoms with E-state index in [1.807, 2.05) is 0 Å². The van der Waals surface area contributed by atoms with Gasteiger partial charge in [0.05, 0.1) is 6.61 Å². The molecule has 0 bridgehead atoms. The third-order valence-electron chi connectivity index (χ3n) is 2.80. The van der Waals surface area contributed by atoms with E-state index in [1.54, 1.807) is 0 Å². The van der Waals surface area contributed by atoms with Crippen LogP contribution in [0.25, 0.3) is 0 Å². The van der Waals surface area contributed by atoms with Gasteiger partial charge in [-0.15, -0.1) is 0 Å². The Balaban J connectivity index is 2.13. The highest BCUT2D eigenvalue weighted by Gasteiger charge is 2.21. The van der Waals surface area contributed by atoms with Gasteiger partial charge in [0.15, 0.2) is 6.39 Å². The first-order chi connectivity index (χ1) is 6.42. The van der Waals surface area contributed by atoms with E-state index < -0.39 is 0 Å². The molecule has 0 atom stereocenters. The highest BCUT2D eigenvalue weighted by Crippen LogP contribution is 2.33. The SMILES string of the molecule is OCc1ncoc1C1CCCCC1. The molecule has 2 rings (SSSR count). The minimum atomic E-state index is 0.00231. The van der Waals surface area contributed by atoms with Gasteiger partial charge in [0.1, 0.15) is 11.5 Å². The molecular weight excluding hydrogens is 166 g/mol. The van der Waals surface area contributed by atoms with Gasteiger partial charge < -0.3 is 9.52 Å². The van der Waals surface area contributed by atoms with Crippen molar-refractivity contribution in [2.45, 2.75) is 44.6 Å². The van der Waals surface area contributed by atoms with Crippen molar-refractivity contribution in [3.63, 3.8) is 0 Å². The zero-order valence-corrected chi connectivity index (χ0v) is 7.70. The van der Waals surface area contributed by atoms with Crippen LogP contribution in [-0.4, -0.2) is 10.1 Å². The van der Waals surface area contributed by atoms with E-state index in [9.17, 15) is 0 Å². The van der Waals surface area contributed by atoms with Gasteiger partial charge in [-0.05, 0) is 12.8 Å². The summed E-state index contributed by atoms with van der Waals surface area (Å²) in [6, 6.07) is 0. The fourth-order valence-electron chi connectivity index (χ4n) is 2.09. The molecule has 0 radical (unpaired) electrons. The summed E-state index contributed by atoms with van der Waals surface area (Å²) in [5.74, 6) is 1.42. The molecule has 0 aromatic carbocycles. The number of aromatic nitrogens is 1. The quantitative estimate of drug-likeness (QED) is 0.760. The average molecular weight is 181 g/mol. The largest absolute Gasteiger partial charge is 0.448 e. The van der Waals surface area contributed by atoms with Crippen LogP contribution in [0.5, 0.6) is 0 Å². The fraction of sp³-hybridized carbons (Fsp3) is 0.700. The summed E-state index contributed by atoms with van der Waals surface area (Å²) in [6.07, 6.45) is 7.69. The van der Waals surface area contributed by atoms with Crippen molar-refractivity contribution in [3.8, 4) is 0 Å². The molecule has 1 aromatic heterocycles. The maximum absolute atomic E-state index is 9.02. The van der Waals surface area contributed by atoms with Crippen molar-refractivity contribution in [3.05, 3.63) is 17.8 Å². The second-order valence-electron chi connectivity index (χ2n) is 3.66. The molecule has 1 N–H and O–H groups in total. The third kappa shape index (κ3) is 1.75. The Bertz CT molecular complexity index is 264. The number of oxazole rings is 1. The minimum Gasteiger partial charge on any atom is -0.448 e. The topological polar surface area (TPSA) is 46.3 Å². The predicted octanol–water partition coefficient (Wildman–Crippen LogP) is 2.21. The molecule has 1 aliphatic carbocycles. The highest BCUT2D eigenvalue weighted by atomic mass is 16.3. The van der Waals surface area contributed by atoms with Crippen molar-refractivity contribution in [2.75, 3.05) is 0 Å². The smallest absolute Gasteiger partial charge is 0.181 e. The summed E-state index contributed by atoms with van der Waals surface area (Å²) >= 11 is 0. The van der Waals surface area contributed by atoms with Gasteiger partial charge in [-0.2, -0.15) is 0 Å². The minimum absolute atomic E-state index is 0.00231. The number of nitrogens with zero attached hydrogens (tertiary/aromatic N) is 1. The second-order valence-corrected chi connectivity index (χ2v) is 3.66. The molecule has 72 valence electrons. The maximum atomic E-state index is 9.02. The number of hydrogen-bond acceptors (Lipinski definition) is 3. The molecule has 1 heterocycles. The first kappa shape index (κ1) is 8.75. The lowest BCUT2D eigenvalue weighted by Crippen LogP contribution is -2.06. The normalized spacial score (nSPS) is 19.2. The van der Waals surface area contributed by atoms with E-state index in [-0.39, 0.29) is 6.61 Å². The summed E-state index contributed by atoms with van der Waals surface area (Å²) in [7, 11) is 0. The Morgan fingerprint density at radius 3 is 2.85 bits per heavy atom. The Kier molecular flexibility index (Phi) is 2.64. The molecule has 1 aromatic rings. The molecule has 0 saturated heterocycles. The van der Waals surface area contributed by atoms with Crippen molar-refractivity contribution >= 4 is 0 Å². The van der Waals surface area contributed by atoms with Crippen LogP contribution >= 0.6 is 0 Å². The van der Waals surface area contributed by atoms with Gasteiger partial charge in [-0.25, -0.2) is 4.98 Å². The highest BCUT2D eigenvalue weighted by molar-refractivity contribution is 5.12. The maximum Gasteiger partial charge on any atom is 0.181 e. The first-order valence-corrected chi connectivity index (χ1v) is 4.95. The predicted molar refractivity (Wildman–Crippen MR) is 48.3 cm³/mol. The van der Waals surface area contributed by atoms with Crippen LogP contribution < -0.4 is 0 Å². The molecule has 1 fully saturated rings. The van der Waals surface area contributed by atoms with Gasteiger partial charge in [-0.1, -0.05) is 19.3 Å². The van der Waals surface area contributed by atoms with Crippen LogP contribution in [0.4, 0.5) is 0 Å². The lowest BCUT2D eigenvalue weighted by atomic mass is 9.87. The molecule has 0 spiro atoms. The molecule has 1 aliphatic rings. The molecule has 13 heavy (non-hydrogen) atoms. The van der Waals surface area contributed by atoms with Crippen molar-refractivity contribution in [2.24, 2.45) is 0 Å². The van der Waals surface area contributed by atoms with E-state index in [0.29, 0.717) is 5.92 Å².